The van der Waals surface area contributed by atoms with Gasteiger partial charge in [-0.05, 0) is 42.9 Å². The number of piperidine rings is 1. The van der Waals surface area contributed by atoms with E-state index in [1.54, 1.807) is 0 Å². The molecule has 1 saturated carbocycles. The maximum atomic E-state index is 3.77. The first-order chi connectivity index (χ1) is 9.32. The van der Waals surface area contributed by atoms with E-state index in [0.29, 0.717) is 11.3 Å². The second-order valence-electron chi connectivity index (χ2n) is 6.30. The van der Waals surface area contributed by atoms with Gasteiger partial charge in [0.05, 0.1) is 0 Å². The second-order valence-corrected chi connectivity index (χ2v) is 7.16. The predicted molar refractivity (Wildman–Crippen MR) is 84.5 cm³/mol. The summed E-state index contributed by atoms with van der Waals surface area (Å²) in [7, 11) is 0. The van der Waals surface area contributed by atoms with Gasteiger partial charge in [0.25, 0.3) is 0 Å². The van der Waals surface area contributed by atoms with Crippen LogP contribution in [0.2, 0.25) is 0 Å². The summed E-state index contributed by atoms with van der Waals surface area (Å²) >= 11 is 3.77. The number of hydrogen-bond donors (Lipinski definition) is 1. The van der Waals surface area contributed by atoms with Crippen molar-refractivity contribution >= 4 is 15.9 Å². The van der Waals surface area contributed by atoms with Crippen molar-refractivity contribution in [3.8, 4) is 0 Å². The summed E-state index contributed by atoms with van der Waals surface area (Å²) in [6, 6.07) is 8.85. The van der Waals surface area contributed by atoms with E-state index in [1.807, 2.05) is 0 Å². The van der Waals surface area contributed by atoms with Crippen LogP contribution in [0.25, 0.3) is 0 Å². The van der Waals surface area contributed by atoms with E-state index in [9.17, 15) is 0 Å². The first-order valence-corrected chi connectivity index (χ1v) is 8.56. The van der Waals surface area contributed by atoms with Crippen molar-refractivity contribution in [2.24, 2.45) is 5.41 Å². The Kier molecular flexibility index (Phi) is 4.28. The molecule has 1 heterocycles. The summed E-state index contributed by atoms with van der Waals surface area (Å²) in [5.74, 6) is 0.690. The fourth-order valence-electron chi connectivity index (χ4n) is 4.20. The number of benzene rings is 1. The average molecular weight is 322 g/mol. The topological polar surface area (TPSA) is 12.0 Å². The van der Waals surface area contributed by atoms with Gasteiger partial charge in [-0.1, -0.05) is 59.8 Å². The van der Waals surface area contributed by atoms with Crippen LogP contribution in [0.1, 0.15) is 56.4 Å². The Bertz CT molecular complexity index is 421. The lowest BCUT2D eigenvalue weighted by Crippen LogP contribution is -2.43. The van der Waals surface area contributed by atoms with Gasteiger partial charge in [-0.2, -0.15) is 0 Å². The Morgan fingerprint density at radius 1 is 1.00 bits per heavy atom. The Hall–Kier alpha value is -0.340. The van der Waals surface area contributed by atoms with Crippen molar-refractivity contribution in [3.05, 3.63) is 34.3 Å². The van der Waals surface area contributed by atoms with E-state index in [0.717, 1.165) is 6.54 Å². The molecule has 1 aliphatic carbocycles. The Morgan fingerprint density at radius 3 is 2.47 bits per heavy atom. The van der Waals surface area contributed by atoms with Gasteiger partial charge in [-0.3, -0.25) is 0 Å². The van der Waals surface area contributed by atoms with Crippen LogP contribution in [0, 0.1) is 5.41 Å². The molecule has 1 atom stereocenters. The molecule has 0 radical (unpaired) electrons. The molecule has 3 rings (SSSR count). The first kappa shape index (κ1) is 13.6. The van der Waals surface area contributed by atoms with Crippen LogP contribution in [0.4, 0.5) is 0 Å². The molecule has 1 spiro atoms. The van der Waals surface area contributed by atoms with E-state index < -0.39 is 0 Å². The van der Waals surface area contributed by atoms with E-state index in [1.165, 1.54) is 61.5 Å². The van der Waals surface area contributed by atoms with Gasteiger partial charge in [-0.15, -0.1) is 0 Å². The third-order valence-electron chi connectivity index (χ3n) is 5.27. The van der Waals surface area contributed by atoms with Crippen molar-refractivity contribution in [1.29, 1.82) is 0 Å². The lowest BCUT2D eigenvalue weighted by atomic mass is 9.64. The molecule has 0 bridgehead atoms. The molecule has 0 amide bonds. The maximum absolute atomic E-state index is 3.77. The van der Waals surface area contributed by atoms with E-state index >= 15 is 0 Å². The Labute approximate surface area is 125 Å². The van der Waals surface area contributed by atoms with Crippen molar-refractivity contribution < 1.29 is 0 Å². The third kappa shape index (κ3) is 2.75. The summed E-state index contributed by atoms with van der Waals surface area (Å²) in [4.78, 5) is 0. The van der Waals surface area contributed by atoms with Gasteiger partial charge in [0.1, 0.15) is 0 Å². The lowest BCUT2D eigenvalue weighted by molar-refractivity contribution is 0.136. The number of nitrogens with one attached hydrogen (secondary N) is 1. The fraction of sp³-hybridized carbons (Fsp3) is 0.647. The van der Waals surface area contributed by atoms with Gasteiger partial charge in [-0.25, -0.2) is 0 Å². The van der Waals surface area contributed by atoms with Gasteiger partial charge in [0.15, 0.2) is 0 Å². The molecule has 2 heteroatoms. The molecule has 2 aliphatic rings. The molecule has 104 valence electrons. The fourth-order valence-corrected chi connectivity index (χ4v) is 4.76. The average Bonchev–Trinajstić information content (AvgIpc) is 2.67. The molecule has 1 aliphatic heterocycles. The maximum Gasteiger partial charge on any atom is 0.0210 e. The highest BCUT2D eigenvalue weighted by atomic mass is 79.9. The van der Waals surface area contributed by atoms with Crippen molar-refractivity contribution in [2.75, 3.05) is 13.1 Å². The zero-order valence-electron chi connectivity index (χ0n) is 11.6. The van der Waals surface area contributed by atoms with E-state index in [-0.39, 0.29) is 0 Å². The van der Waals surface area contributed by atoms with Crippen molar-refractivity contribution in [1.82, 2.24) is 5.32 Å². The number of hydrogen-bond acceptors (Lipinski definition) is 1. The standard InChI is InChI=1S/C17H24BrN/c18-16-8-4-3-7-14(16)15-13-19-12-11-17(15)9-5-1-2-6-10-17/h3-4,7-8,15,19H,1-2,5-6,9-13H2. The first-order valence-electron chi connectivity index (χ1n) is 7.77. The zero-order valence-corrected chi connectivity index (χ0v) is 13.2. The monoisotopic (exact) mass is 321 g/mol. The highest BCUT2D eigenvalue weighted by Gasteiger charge is 2.41. The van der Waals surface area contributed by atoms with Crippen LogP contribution >= 0.6 is 15.9 Å². The van der Waals surface area contributed by atoms with Crippen LogP contribution in [-0.4, -0.2) is 13.1 Å². The molecule has 0 aromatic heterocycles. The van der Waals surface area contributed by atoms with Crippen molar-refractivity contribution in [3.63, 3.8) is 0 Å². The van der Waals surface area contributed by atoms with E-state index in [4.69, 9.17) is 0 Å². The molecule has 19 heavy (non-hydrogen) atoms. The minimum absolute atomic E-state index is 0.561. The zero-order chi connectivity index (χ0) is 13.1. The van der Waals surface area contributed by atoms with Crippen LogP contribution in [0.3, 0.4) is 0 Å². The summed E-state index contributed by atoms with van der Waals surface area (Å²) < 4.78 is 1.30. The van der Waals surface area contributed by atoms with E-state index in [2.05, 4.69) is 45.5 Å². The normalized spacial score (nSPS) is 27.1. The molecule has 1 nitrogen and oxygen atoms in total. The highest BCUT2D eigenvalue weighted by molar-refractivity contribution is 9.10. The molecule has 1 aromatic rings. The number of halogens is 1. The molecule has 1 saturated heterocycles. The number of rotatable bonds is 1. The third-order valence-corrected chi connectivity index (χ3v) is 5.99. The molecule has 1 aromatic carbocycles. The van der Waals surface area contributed by atoms with Crippen LogP contribution in [0.15, 0.2) is 28.7 Å². The van der Waals surface area contributed by atoms with Crippen molar-refractivity contribution in [2.45, 2.75) is 50.9 Å². The van der Waals surface area contributed by atoms with Gasteiger partial charge >= 0.3 is 0 Å². The molecule has 2 fully saturated rings. The quantitative estimate of drug-likeness (QED) is 0.778. The summed E-state index contributed by atoms with van der Waals surface area (Å²) in [5.41, 5.74) is 2.09. The smallest absolute Gasteiger partial charge is 0.0210 e. The van der Waals surface area contributed by atoms with Crippen LogP contribution < -0.4 is 5.32 Å². The largest absolute Gasteiger partial charge is 0.316 e. The molecule has 1 N–H and O–H groups in total. The van der Waals surface area contributed by atoms with Gasteiger partial charge in [0.2, 0.25) is 0 Å². The Balaban J connectivity index is 1.94. The summed E-state index contributed by atoms with van der Waals surface area (Å²) in [6.07, 6.45) is 9.97. The summed E-state index contributed by atoms with van der Waals surface area (Å²) in [6.45, 7) is 2.36. The SMILES string of the molecule is Brc1ccccc1C1CNCCC12CCCCCC2. The van der Waals surface area contributed by atoms with Crippen LogP contribution in [-0.2, 0) is 0 Å². The minimum Gasteiger partial charge on any atom is -0.316 e. The minimum atomic E-state index is 0.561. The molecular weight excluding hydrogens is 298 g/mol. The predicted octanol–water partition coefficient (Wildman–Crippen LogP) is 4.87. The highest BCUT2D eigenvalue weighted by Crippen LogP contribution is 2.51. The molecule has 1 unspecified atom stereocenters. The van der Waals surface area contributed by atoms with Gasteiger partial charge < -0.3 is 5.32 Å². The molecular formula is C17H24BrN. The van der Waals surface area contributed by atoms with Crippen LogP contribution in [0.5, 0.6) is 0 Å². The second kappa shape index (κ2) is 5.97. The lowest BCUT2D eigenvalue weighted by Gasteiger charge is -2.45. The Morgan fingerprint density at radius 2 is 1.74 bits per heavy atom. The summed E-state index contributed by atoms with van der Waals surface area (Å²) in [5, 5.41) is 3.63. The van der Waals surface area contributed by atoms with Gasteiger partial charge in [0, 0.05) is 16.9 Å².